The monoisotopic (exact) mass is 404 g/mol. The Hall–Kier alpha value is -2.31. The van der Waals surface area contributed by atoms with Crippen molar-refractivity contribution in [2.75, 3.05) is 6.61 Å². The van der Waals surface area contributed by atoms with Crippen molar-refractivity contribution in [3.8, 4) is 11.5 Å². The topological polar surface area (TPSA) is 18.5 Å². The summed E-state index contributed by atoms with van der Waals surface area (Å²) in [5, 5.41) is 0. The summed E-state index contributed by atoms with van der Waals surface area (Å²) in [5.74, 6) is -0.333. The van der Waals surface area contributed by atoms with Crippen molar-refractivity contribution in [2.45, 2.75) is 52.8 Å². The van der Waals surface area contributed by atoms with E-state index in [-0.39, 0.29) is 23.2 Å². The van der Waals surface area contributed by atoms with Gasteiger partial charge in [-0.3, -0.25) is 0 Å². The van der Waals surface area contributed by atoms with Gasteiger partial charge in [-0.05, 0) is 66.3 Å². The molecule has 7 heteroatoms. The number of halogens is 5. The van der Waals surface area contributed by atoms with Gasteiger partial charge in [-0.2, -0.15) is 0 Å². The molecule has 0 bridgehead atoms. The quantitative estimate of drug-likeness (QED) is 0.491. The number of alkyl halides is 3. The number of hydrogen-bond donors (Lipinski definition) is 0. The third-order valence-corrected chi connectivity index (χ3v) is 3.72. The molecule has 0 aliphatic heterocycles. The molecule has 2 aromatic rings. The number of rotatable bonds is 5. The maximum Gasteiger partial charge on any atom is 0.573 e. The van der Waals surface area contributed by atoms with Crippen LogP contribution >= 0.6 is 0 Å². The fraction of sp³-hybridized carbons (Fsp3) is 0.429. The van der Waals surface area contributed by atoms with Gasteiger partial charge in [-0.25, -0.2) is 8.78 Å². The Morgan fingerprint density at radius 1 is 0.786 bits per heavy atom. The predicted molar refractivity (Wildman–Crippen MR) is 98.8 cm³/mol. The Labute approximate surface area is 162 Å². The zero-order valence-electron chi connectivity index (χ0n) is 16.5. The molecule has 2 nitrogen and oxygen atoms in total. The molecule has 2 rings (SSSR count). The van der Waals surface area contributed by atoms with Crippen LogP contribution in [0.4, 0.5) is 22.0 Å². The fourth-order valence-electron chi connectivity index (χ4n) is 2.38. The SMILES string of the molecule is CC(C)c1cc(OC(F)(F)F)ccc1F.CCOc1ccc(F)c(C(C)C)c1. The van der Waals surface area contributed by atoms with Crippen molar-refractivity contribution < 1.29 is 31.4 Å². The van der Waals surface area contributed by atoms with E-state index in [0.717, 1.165) is 23.9 Å². The lowest BCUT2D eigenvalue weighted by molar-refractivity contribution is -0.274. The third-order valence-electron chi connectivity index (χ3n) is 3.72. The van der Waals surface area contributed by atoms with Crippen molar-refractivity contribution in [3.05, 3.63) is 59.2 Å². The van der Waals surface area contributed by atoms with Crippen molar-refractivity contribution in [1.82, 2.24) is 0 Å². The molecule has 0 saturated heterocycles. The molecule has 0 aliphatic carbocycles. The van der Waals surface area contributed by atoms with E-state index in [9.17, 15) is 22.0 Å². The van der Waals surface area contributed by atoms with Gasteiger partial charge in [0.1, 0.15) is 23.1 Å². The summed E-state index contributed by atoms with van der Waals surface area (Å²) >= 11 is 0. The molecule has 156 valence electrons. The molecule has 0 atom stereocenters. The van der Waals surface area contributed by atoms with Gasteiger partial charge >= 0.3 is 6.36 Å². The van der Waals surface area contributed by atoms with Gasteiger partial charge in [-0.1, -0.05) is 27.7 Å². The summed E-state index contributed by atoms with van der Waals surface area (Å²) in [7, 11) is 0. The second-order valence-electron chi connectivity index (χ2n) is 6.66. The number of ether oxygens (including phenoxy) is 2. The van der Waals surface area contributed by atoms with E-state index in [2.05, 4.69) is 4.74 Å². The Balaban J connectivity index is 0.000000283. The van der Waals surface area contributed by atoms with Crippen LogP contribution in [0.3, 0.4) is 0 Å². The van der Waals surface area contributed by atoms with Gasteiger partial charge in [0.05, 0.1) is 6.61 Å². The summed E-state index contributed by atoms with van der Waals surface area (Å²) in [4.78, 5) is 0. The first-order chi connectivity index (χ1) is 12.9. The normalized spacial score (nSPS) is 11.3. The maximum atomic E-state index is 13.2. The van der Waals surface area contributed by atoms with Crippen molar-refractivity contribution >= 4 is 0 Å². The van der Waals surface area contributed by atoms with Crippen LogP contribution in [0.15, 0.2) is 36.4 Å². The Morgan fingerprint density at radius 3 is 1.61 bits per heavy atom. The standard InChI is InChI=1S/C11H15FO.C10H10F4O/c1-4-13-9-5-6-11(12)10(7-9)8(2)3;1-6(2)8-5-7(3-4-9(8)11)15-10(12,13)14/h5-8H,4H2,1-3H3;3-6H,1-2H3. The van der Waals surface area contributed by atoms with Gasteiger partial charge in [0.15, 0.2) is 0 Å². The van der Waals surface area contributed by atoms with Crippen LogP contribution in [0.5, 0.6) is 11.5 Å². The van der Waals surface area contributed by atoms with Crippen molar-refractivity contribution in [1.29, 1.82) is 0 Å². The highest BCUT2D eigenvalue weighted by Gasteiger charge is 2.31. The zero-order valence-corrected chi connectivity index (χ0v) is 16.5. The molecule has 0 N–H and O–H groups in total. The minimum Gasteiger partial charge on any atom is -0.494 e. The Kier molecular flexibility index (Phi) is 8.72. The minimum absolute atomic E-state index is 0.154. The van der Waals surface area contributed by atoms with Crippen molar-refractivity contribution in [2.24, 2.45) is 0 Å². The van der Waals surface area contributed by atoms with Crippen LogP contribution in [0.2, 0.25) is 0 Å². The minimum atomic E-state index is -4.74. The second-order valence-corrected chi connectivity index (χ2v) is 6.66. The van der Waals surface area contributed by atoms with E-state index in [4.69, 9.17) is 4.74 Å². The Bertz CT molecular complexity index is 755. The third kappa shape index (κ3) is 7.74. The van der Waals surface area contributed by atoms with Crippen LogP contribution in [-0.2, 0) is 0 Å². The molecule has 0 fully saturated rings. The molecule has 0 heterocycles. The maximum absolute atomic E-state index is 13.2. The molecule has 0 unspecified atom stereocenters. The predicted octanol–water partition coefficient (Wildman–Crippen LogP) is 7.20. The van der Waals surface area contributed by atoms with Gasteiger partial charge < -0.3 is 9.47 Å². The van der Waals surface area contributed by atoms with Gasteiger partial charge in [0.2, 0.25) is 0 Å². The first-order valence-electron chi connectivity index (χ1n) is 8.92. The second kappa shape index (κ2) is 10.3. The van der Waals surface area contributed by atoms with Crippen LogP contribution in [0, 0.1) is 11.6 Å². The lowest BCUT2D eigenvalue weighted by Gasteiger charge is -2.12. The smallest absolute Gasteiger partial charge is 0.494 e. The lowest BCUT2D eigenvalue weighted by Crippen LogP contribution is -2.17. The summed E-state index contributed by atoms with van der Waals surface area (Å²) in [6.45, 7) is 9.84. The summed E-state index contributed by atoms with van der Waals surface area (Å²) < 4.78 is 70.9. The van der Waals surface area contributed by atoms with E-state index in [1.807, 2.05) is 20.8 Å². The van der Waals surface area contributed by atoms with E-state index in [1.165, 1.54) is 6.07 Å². The highest BCUT2D eigenvalue weighted by molar-refractivity contribution is 5.32. The van der Waals surface area contributed by atoms with Gasteiger partial charge in [-0.15, -0.1) is 13.2 Å². The molecule has 0 radical (unpaired) electrons. The molecule has 0 saturated carbocycles. The molecule has 0 aromatic heterocycles. The van der Waals surface area contributed by atoms with E-state index >= 15 is 0 Å². The first kappa shape index (κ1) is 23.7. The molecule has 0 amide bonds. The van der Waals surface area contributed by atoms with Crippen LogP contribution in [0.25, 0.3) is 0 Å². The highest BCUT2D eigenvalue weighted by atomic mass is 19.4. The van der Waals surface area contributed by atoms with E-state index < -0.39 is 17.9 Å². The molecular formula is C21H25F5O2. The summed E-state index contributed by atoms with van der Waals surface area (Å²) in [5.41, 5.74) is 0.919. The Morgan fingerprint density at radius 2 is 1.21 bits per heavy atom. The largest absolute Gasteiger partial charge is 0.573 e. The lowest BCUT2D eigenvalue weighted by atomic mass is 10.0. The first-order valence-corrected chi connectivity index (χ1v) is 8.92. The van der Waals surface area contributed by atoms with E-state index in [0.29, 0.717) is 12.2 Å². The molecule has 2 aromatic carbocycles. The van der Waals surface area contributed by atoms with Crippen molar-refractivity contribution in [3.63, 3.8) is 0 Å². The van der Waals surface area contributed by atoms with Crippen LogP contribution < -0.4 is 9.47 Å². The molecular weight excluding hydrogens is 379 g/mol. The molecule has 28 heavy (non-hydrogen) atoms. The average molecular weight is 404 g/mol. The van der Waals surface area contributed by atoms with Crippen LogP contribution in [-0.4, -0.2) is 13.0 Å². The fourth-order valence-corrected chi connectivity index (χ4v) is 2.38. The molecule has 0 aliphatic rings. The van der Waals surface area contributed by atoms with Gasteiger partial charge in [0.25, 0.3) is 0 Å². The summed E-state index contributed by atoms with van der Waals surface area (Å²) in [6.07, 6.45) is -4.74. The van der Waals surface area contributed by atoms with Gasteiger partial charge in [0, 0.05) is 0 Å². The van der Waals surface area contributed by atoms with E-state index in [1.54, 1.807) is 26.0 Å². The zero-order chi connectivity index (χ0) is 21.5. The van der Waals surface area contributed by atoms with Crippen LogP contribution in [0.1, 0.15) is 57.6 Å². The average Bonchev–Trinajstić information content (AvgIpc) is 2.57. The number of hydrogen-bond acceptors (Lipinski definition) is 2. The summed E-state index contributed by atoms with van der Waals surface area (Å²) in [6, 6.07) is 7.87. The molecule has 0 spiro atoms. The highest BCUT2D eigenvalue weighted by Crippen LogP contribution is 2.28. The number of benzene rings is 2.